The molecule has 1 saturated carbocycles. The molecule has 1 fully saturated rings. The number of nitrogens with zero attached hydrogens (tertiary/aromatic N) is 1. The number of esters is 1. The van der Waals surface area contributed by atoms with Crippen LogP contribution in [-0.2, 0) is 20.9 Å². The van der Waals surface area contributed by atoms with Gasteiger partial charge in [0.15, 0.2) is 5.76 Å². The SMILES string of the molecule is CC(C)(C)C[C@H]1C[C@@H](c2onc([C@@H](CCCOCc3ccccc3)CC(=O)OC(C)(C)C)c2I)C1. The summed E-state index contributed by atoms with van der Waals surface area (Å²) in [6.45, 7) is 13.9. The number of hydrogen-bond acceptors (Lipinski definition) is 5. The molecule has 0 amide bonds. The minimum absolute atomic E-state index is 0.0416. The number of halogens is 1. The Balaban J connectivity index is 1.60. The van der Waals surface area contributed by atoms with Crippen LogP contribution in [0.1, 0.15) is 109 Å². The van der Waals surface area contributed by atoms with Gasteiger partial charge < -0.3 is 14.0 Å². The monoisotopic (exact) mass is 595 g/mol. The molecule has 3 rings (SSSR count). The fraction of sp³-hybridized carbons (Fsp3) is 0.655. The van der Waals surface area contributed by atoms with Crippen LogP contribution in [0.25, 0.3) is 0 Å². The zero-order valence-electron chi connectivity index (χ0n) is 22.2. The van der Waals surface area contributed by atoms with Crippen LogP contribution in [0.5, 0.6) is 0 Å². The molecule has 0 aliphatic heterocycles. The van der Waals surface area contributed by atoms with Crippen molar-refractivity contribution in [2.75, 3.05) is 6.61 Å². The van der Waals surface area contributed by atoms with Gasteiger partial charge in [-0.1, -0.05) is 56.3 Å². The molecule has 0 radical (unpaired) electrons. The van der Waals surface area contributed by atoms with Crippen LogP contribution in [-0.4, -0.2) is 23.3 Å². The number of benzene rings is 1. The van der Waals surface area contributed by atoms with Crippen LogP contribution in [0.2, 0.25) is 0 Å². The van der Waals surface area contributed by atoms with Gasteiger partial charge >= 0.3 is 5.97 Å². The van der Waals surface area contributed by atoms with Crippen molar-refractivity contribution in [2.45, 2.75) is 104 Å². The second-order valence-electron chi connectivity index (χ2n) is 12.2. The lowest BCUT2D eigenvalue weighted by Gasteiger charge is -2.37. The summed E-state index contributed by atoms with van der Waals surface area (Å²) >= 11 is 2.37. The van der Waals surface area contributed by atoms with Crippen LogP contribution in [0.3, 0.4) is 0 Å². The highest BCUT2D eigenvalue weighted by Gasteiger charge is 2.38. The van der Waals surface area contributed by atoms with Crippen molar-refractivity contribution < 1.29 is 18.8 Å². The third kappa shape index (κ3) is 9.19. The Labute approximate surface area is 224 Å². The van der Waals surface area contributed by atoms with Crippen molar-refractivity contribution in [3.05, 3.63) is 50.9 Å². The first-order valence-electron chi connectivity index (χ1n) is 12.9. The molecule has 0 unspecified atom stereocenters. The topological polar surface area (TPSA) is 61.6 Å². The Hall–Kier alpha value is -1.41. The molecule has 6 heteroatoms. The maximum atomic E-state index is 12.7. The standard InChI is InChI=1S/C29H42INO4/c1-28(2,3)18-21-15-23(16-21)27-25(30)26(31-35-27)22(17-24(32)34-29(4,5)6)13-10-14-33-19-20-11-8-7-9-12-20/h7-9,11-12,21-23H,10,13-19H2,1-6H3/t21-,22-,23+/m0/s1. The molecule has 1 heterocycles. The van der Waals surface area contributed by atoms with E-state index < -0.39 is 5.60 Å². The number of hydrogen-bond donors (Lipinski definition) is 0. The zero-order chi connectivity index (χ0) is 25.6. The summed E-state index contributed by atoms with van der Waals surface area (Å²) < 4.78 is 18.5. The average Bonchev–Trinajstić information content (AvgIpc) is 3.09. The van der Waals surface area contributed by atoms with Crippen molar-refractivity contribution >= 4 is 28.6 Å². The predicted octanol–water partition coefficient (Wildman–Crippen LogP) is 8.02. The molecule has 35 heavy (non-hydrogen) atoms. The van der Waals surface area contributed by atoms with Crippen LogP contribution in [0.15, 0.2) is 34.9 Å². The minimum atomic E-state index is -0.503. The van der Waals surface area contributed by atoms with E-state index in [2.05, 4.69) is 60.7 Å². The fourth-order valence-corrected chi connectivity index (χ4v) is 5.99. The van der Waals surface area contributed by atoms with Crippen LogP contribution in [0.4, 0.5) is 0 Å². The summed E-state index contributed by atoms with van der Waals surface area (Å²) in [5, 5.41) is 4.48. The lowest BCUT2D eigenvalue weighted by molar-refractivity contribution is -0.155. The molecule has 1 aliphatic carbocycles. The van der Waals surface area contributed by atoms with E-state index in [0.717, 1.165) is 46.6 Å². The molecule has 1 aromatic carbocycles. The smallest absolute Gasteiger partial charge is 0.306 e. The van der Waals surface area contributed by atoms with Gasteiger partial charge in [0.05, 0.1) is 16.6 Å². The normalized spacial score (nSPS) is 19.3. The molecule has 0 saturated heterocycles. The zero-order valence-corrected chi connectivity index (χ0v) is 24.4. The molecular formula is C29H42INO4. The second-order valence-corrected chi connectivity index (χ2v) is 13.3. The maximum absolute atomic E-state index is 12.7. The minimum Gasteiger partial charge on any atom is -0.460 e. The highest BCUT2D eigenvalue weighted by Crippen LogP contribution is 2.48. The van der Waals surface area contributed by atoms with E-state index in [0.29, 0.717) is 31.0 Å². The third-order valence-electron chi connectivity index (χ3n) is 6.36. The number of aromatic nitrogens is 1. The van der Waals surface area contributed by atoms with E-state index in [9.17, 15) is 4.79 Å². The highest BCUT2D eigenvalue weighted by atomic mass is 127. The van der Waals surface area contributed by atoms with Crippen LogP contribution >= 0.6 is 22.6 Å². The lowest BCUT2D eigenvalue weighted by atomic mass is 9.67. The van der Waals surface area contributed by atoms with Gasteiger partial charge in [-0.3, -0.25) is 4.79 Å². The van der Waals surface area contributed by atoms with Gasteiger partial charge in [-0.15, -0.1) is 0 Å². The first-order chi connectivity index (χ1) is 16.4. The fourth-order valence-electron chi connectivity index (χ4n) is 4.91. The maximum Gasteiger partial charge on any atom is 0.306 e. The Bertz CT molecular complexity index is 936. The first-order valence-corrected chi connectivity index (χ1v) is 14.0. The molecular weight excluding hydrogens is 553 g/mol. The summed E-state index contributed by atoms with van der Waals surface area (Å²) in [5.41, 5.74) is 1.92. The Morgan fingerprint density at radius 2 is 1.83 bits per heavy atom. The van der Waals surface area contributed by atoms with Crippen LogP contribution in [0, 0.1) is 14.9 Å². The largest absolute Gasteiger partial charge is 0.460 e. The Morgan fingerprint density at radius 1 is 1.14 bits per heavy atom. The van der Waals surface area contributed by atoms with Crippen molar-refractivity contribution in [1.29, 1.82) is 0 Å². The van der Waals surface area contributed by atoms with E-state index >= 15 is 0 Å². The number of carbonyl (C=O) groups is 1. The van der Waals surface area contributed by atoms with Gasteiger partial charge in [-0.05, 0) is 92.4 Å². The van der Waals surface area contributed by atoms with Gasteiger partial charge in [0.25, 0.3) is 0 Å². The summed E-state index contributed by atoms with van der Waals surface area (Å²) in [5.74, 6) is 1.96. The molecule has 5 nitrogen and oxygen atoms in total. The van der Waals surface area contributed by atoms with Crippen LogP contribution < -0.4 is 0 Å². The Morgan fingerprint density at radius 3 is 2.46 bits per heavy atom. The molecule has 0 bridgehead atoms. The number of carbonyl (C=O) groups excluding carboxylic acids is 1. The van der Waals surface area contributed by atoms with Gasteiger partial charge in [-0.25, -0.2) is 0 Å². The second kappa shape index (κ2) is 12.2. The van der Waals surface area contributed by atoms with Gasteiger partial charge in [0.2, 0.25) is 0 Å². The first kappa shape index (κ1) is 28.2. The average molecular weight is 596 g/mol. The Kier molecular flexibility index (Phi) is 9.83. The molecule has 0 spiro atoms. The van der Waals surface area contributed by atoms with E-state index in [4.69, 9.17) is 14.0 Å². The predicted molar refractivity (Wildman–Crippen MR) is 147 cm³/mol. The van der Waals surface area contributed by atoms with E-state index in [-0.39, 0.29) is 11.9 Å². The van der Waals surface area contributed by atoms with Gasteiger partial charge in [-0.2, -0.15) is 0 Å². The molecule has 1 aromatic heterocycles. The number of ether oxygens (including phenoxy) is 2. The summed E-state index contributed by atoms with van der Waals surface area (Å²) in [4.78, 5) is 12.7. The van der Waals surface area contributed by atoms with Crippen molar-refractivity contribution in [3.8, 4) is 0 Å². The quantitative estimate of drug-likeness (QED) is 0.150. The summed E-state index contributed by atoms with van der Waals surface area (Å²) in [6, 6.07) is 10.2. The van der Waals surface area contributed by atoms with Crippen molar-refractivity contribution in [1.82, 2.24) is 5.16 Å². The van der Waals surface area contributed by atoms with E-state index in [1.807, 2.05) is 39.0 Å². The number of rotatable bonds is 11. The van der Waals surface area contributed by atoms with Crippen molar-refractivity contribution in [2.24, 2.45) is 11.3 Å². The summed E-state index contributed by atoms with van der Waals surface area (Å²) in [7, 11) is 0. The van der Waals surface area contributed by atoms with Gasteiger partial charge in [0.1, 0.15) is 11.3 Å². The summed E-state index contributed by atoms with van der Waals surface area (Å²) in [6.07, 6.45) is 5.50. The highest BCUT2D eigenvalue weighted by molar-refractivity contribution is 14.1. The molecule has 194 valence electrons. The lowest BCUT2D eigenvalue weighted by Crippen LogP contribution is -2.26. The van der Waals surface area contributed by atoms with Gasteiger partial charge in [0, 0.05) is 18.4 Å². The molecule has 1 atom stereocenters. The third-order valence-corrected chi connectivity index (χ3v) is 7.45. The van der Waals surface area contributed by atoms with E-state index in [1.54, 1.807) is 0 Å². The van der Waals surface area contributed by atoms with Crippen molar-refractivity contribution in [3.63, 3.8) is 0 Å². The van der Waals surface area contributed by atoms with E-state index in [1.165, 1.54) is 12.0 Å². The molecule has 1 aliphatic rings. The molecule has 0 N–H and O–H groups in total. The molecule has 2 aromatic rings.